The normalized spacial score (nSPS) is 11.1. The van der Waals surface area contributed by atoms with E-state index in [1.54, 1.807) is 24.3 Å². The Morgan fingerprint density at radius 1 is 1.04 bits per heavy atom. The lowest BCUT2D eigenvalue weighted by atomic mass is 10.2. The SMILES string of the molecule is CS(=O)(=O)CCC(=O)NCc1ccc(Oc2ccc(F)cc2)cc1. The third kappa shape index (κ3) is 6.37. The molecule has 0 spiro atoms. The van der Waals surface area contributed by atoms with Crippen LogP contribution in [0.2, 0.25) is 0 Å². The number of carbonyl (C=O) groups is 1. The van der Waals surface area contributed by atoms with Gasteiger partial charge in [-0.1, -0.05) is 12.1 Å². The van der Waals surface area contributed by atoms with Gasteiger partial charge in [-0.05, 0) is 42.0 Å². The highest BCUT2D eigenvalue weighted by atomic mass is 32.2. The molecule has 0 saturated carbocycles. The van der Waals surface area contributed by atoms with Gasteiger partial charge in [0.2, 0.25) is 5.91 Å². The molecule has 0 heterocycles. The Morgan fingerprint density at radius 3 is 2.12 bits per heavy atom. The molecule has 0 aliphatic rings. The predicted octanol–water partition coefficient (Wildman–Crippen LogP) is 2.67. The number of hydrogen-bond donors (Lipinski definition) is 1. The van der Waals surface area contributed by atoms with Gasteiger partial charge in [-0.3, -0.25) is 4.79 Å². The average Bonchev–Trinajstić information content (AvgIpc) is 2.54. The zero-order chi connectivity index (χ0) is 17.6. The molecule has 0 bridgehead atoms. The number of hydrogen-bond acceptors (Lipinski definition) is 4. The van der Waals surface area contributed by atoms with Crippen molar-refractivity contribution in [2.75, 3.05) is 12.0 Å². The first-order chi connectivity index (χ1) is 11.3. The van der Waals surface area contributed by atoms with Crippen molar-refractivity contribution in [1.82, 2.24) is 5.32 Å². The van der Waals surface area contributed by atoms with Crippen molar-refractivity contribution in [2.24, 2.45) is 0 Å². The summed E-state index contributed by atoms with van der Waals surface area (Å²) in [7, 11) is -3.14. The van der Waals surface area contributed by atoms with Crippen LogP contribution in [0, 0.1) is 5.82 Å². The summed E-state index contributed by atoms with van der Waals surface area (Å²) < 4.78 is 40.4. The standard InChI is InChI=1S/C17H18FNO4S/c1-24(21,22)11-10-17(20)19-12-13-2-6-15(7-3-13)23-16-8-4-14(18)5-9-16/h2-9H,10-12H2,1H3,(H,19,20). The van der Waals surface area contributed by atoms with Crippen molar-refractivity contribution in [2.45, 2.75) is 13.0 Å². The zero-order valence-electron chi connectivity index (χ0n) is 13.2. The highest BCUT2D eigenvalue weighted by molar-refractivity contribution is 7.90. The molecule has 0 saturated heterocycles. The Balaban J connectivity index is 1.83. The largest absolute Gasteiger partial charge is 0.457 e. The van der Waals surface area contributed by atoms with Crippen LogP contribution < -0.4 is 10.1 Å². The molecular weight excluding hydrogens is 333 g/mol. The molecule has 0 unspecified atom stereocenters. The van der Waals surface area contributed by atoms with Gasteiger partial charge >= 0.3 is 0 Å². The van der Waals surface area contributed by atoms with Gasteiger partial charge < -0.3 is 10.1 Å². The lowest BCUT2D eigenvalue weighted by Gasteiger charge is -2.08. The molecule has 1 amide bonds. The Labute approximate surface area is 140 Å². The quantitative estimate of drug-likeness (QED) is 0.832. The minimum absolute atomic E-state index is 0.0510. The minimum Gasteiger partial charge on any atom is -0.457 e. The maximum absolute atomic E-state index is 12.8. The van der Waals surface area contributed by atoms with Crippen molar-refractivity contribution in [3.8, 4) is 11.5 Å². The van der Waals surface area contributed by atoms with Crippen LogP contribution in [-0.2, 0) is 21.2 Å². The average molecular weight is 351 g/mol. The number of halogens is 1. The van der Waals surface area contributed by atoms with Crippen LogP contribution in [0.4, 0.5) is 4.39 Å². The maximum Gasteiger partial charge on any atom is 0.221 e. The van der Waals surface area contributed by atoms with E-state index < -0.39 is 9.84 Å². The number of ether oxygens (including phenoxy) is 1. The third-order valence-electron chi connectivity index (χ3n) is 3.16. The molecule has 2 aromatic rings. The van der Waals surface area contributed by atoms with Crippen LogP contribution in [0.25, 0.3) is 0 Å². The first-order valence-electron chi connectivity index (χ1n) is 7.29. The molecule has 5 nitrogen and oxygen atoms in total. The molecule has 0 aliphatic heterocycles. The summed E-state index contributed by atoms with van der Waals surface area (Å²) in [6, 6.07) is 12.7. The van der Waals surface area contributed by atoms with E-state index in [0.29, 0.717) is 18.0 Å². The third-order valence-corrected chi connectivity index (χ3v) is 4.11. The second-order valence-corrected chi connectivity index (χ2v) is 7.62. The second-order valence-electron chi connectivity index (χ2n) is 5.36. The Hall–Kier alpha value is -2.41. The van der Waals surface area contributed by atoms with Crippen LogP contribution in [0.15, 0.2) is 48.5 Å². The van der Waals surface area contributed by atoms with Crippen LogP contribution in [-0.4, -0.2) is 26.3 Å². The van der Waals surface area contributed by atoms with Crippen molar-refractivity contribution < 1.29 is 22.3 Å². The van der Waals surface area contributed by atoms with E-state index in [0.717, 1.165) is 11.8 Å². The Kier molecular flexibility index (Phi) is 5.92. The second kappa shape index (κ2) is 7.92. The monoisotopic (exact) mass is 351 g/mol. The highest BCUT2D eigenvalue weighted by Crippen LogP contribution is 2.21. The predicted molar refractivity (Wildman–Crippen MR) is 89.1 cm³/mol. The number of nitrogens with one attached hydrogen (secondary N) is 1. The fraction of sp³-hybridized carbons (Fsp3) is 0.235. The number of carbonyl (C=O) groups excluding carboxylic acids is 1. The van der Waals surface area contributed by atoms with Gasteiger partial charge in [-0.2, -0.15) is 0 Å². The van der Waals surface area contributed by atoms with Crippen molar-refractivity contribution in [3.05, 3.63) is 59.9 Å². The van der Waals surface area contributed by atoms with Crippen LogP contribution in [0.1, 0.15) is 12.0 Å². The van der Waals surface area contributed by atoms with E-state index >= 15 is 0 Å². The smallest absolute Gasteiger partial charge is 0.221 e. The molecule has 128 valence electrons. The molecule has 1 N–H and O–H groups in total. The number of amides is 1. The molecule has 0 atom stereocenters. The van der Waals surface area contributed by atoms with Crippen molar-refractivity contribution >= 4 is 15.7 Å². The highest BCUT2D eigenvalue weighted by Gasteiger charge is 2.07. The van der Waals surface area contributed by atoms with Gasteiger partial charge in [-0.15, -0.1) is 0 Å². The zero-order valence-corrected chi connectivity index (χ0v) is 14.0. The number of benzene rings is 2. The van der Waals surface area contributed by atoms with Crippen molar-refractivity contribution in [1.29, 1.82) is 0 Å². The minimum atomic E-state index is -3.14. The van der Waals surface area contributed by atoms with Gasteiger partial charge in [0.15, 0.2) is 0 Å². The van der Waals surface area contributed by atoms with Gasteiger partial charge in [0.1, 0.15) is 27.2 Å². The molecular formula is C17H18FNO4S. The molecule has 2 aromatic carbocycles. The van der Waals surface area contributed by atoms with E-state index in [1.165, 1.54) is 24.3 Å². The number of rotatable bonds is 7. The van der Waals surface area contributed by atoms with E-state index in [9.17, 15) is 17.6 Å². The lowest BCUT2D eigenvalue weighted by Crippen LogP contribution is -2.24. The summed E-state index contributed by atoms with van der Waals surface area (Å²) in [6.45, 7) is 0.305. The van der Waals surface area contributed by atoms with Gasteiger partial charge in [0.05, 0.1) is 5.75 Å². The Bertz CT molecular complexity index is 786. The molecule has 0 aromatic heterocycles. The Morgan fingerprint density at radius 2 is 1.58 bits per heavy atom. The summed E-state index contributed by atoms with van der Waals surface area (Å²) in [5.41, 5.74) is 0.856. The van der Waals surface area contributed by atoms with Crippen LogP contribution >= 0.6 is 0 Å². The summed E-state index contributed by atoms with van der Waals surface area (Å²) in [4.78, 5) is 11.6. The summed E-state index contributed by atoms with van der Waals surface area (Å²) in [5, 5.41) is 2.66. The molecule has 7 heteroatoms. The first-order valence-corrected chi connectivity index (χ1v) is 9.35. The maximum atomic E-state index is 12.8. The van der Waals surface area contributed by atoms with E-state index in [2.05, 4.69) is 5.32 Å². The molecule has 24 heavy (non-hydrogen) atoms. The fourth-order valence-electron chi connectivity index (χ4n) is 1.88. The van der Waals surface area contributed by atoms with Crippen molar-refractivity contribution in [3.63, 3.8) is 0 Å². The summed E-state index contributed by atoms with van der Waals surface area (Å²) in [6.07, 6.45) is 1.05. The summed E-state index contributed by atoms with van der Waals surface area (Å²) in [5.74, 6) is 0.312. The van der Waals surface area contributed by atoms with Gasteiger partial charge in [0.25, 0.3) is 0 Å². The molecule has 2 rings (SSSR count). The van der Waals surface area contributed by atoms with E-state index in [4.69, 9.17) is 4.74 Å². The van der Waals surface area contributed by atoms with Crippen LogP contribution in [0.3, 0.4) is 0 Å². The molecule has 0 radical (unpaired) electrons. The fourth-order valence-corrected chi connectivity index (χ4v) is 2.44. The topological polar surface area (TPSA) is 72.5 Å². The van der Waals surface area contributed by atoms with Gasteiger partial charge in [-0.25, -0.2) is 12.8 Å². The van der Waals surface area contributed by atoms with E-state index in [1.807, 2.05) is 0 Å². The van der Waals surface area contributed by atoms with Crippen LogP contribution in [0.5, 0.6) is 11.5 Å². The molecule has 0 fully saturated rings. The first kappa shape index (κ1) is 17.9. The summed E-state index contributed by atoms with van der Waals surface area (Å²) >= 11 is 0. The number of sulfone groups is 1. The lowest BCUT2D eigenvalue weighted by molar-refractivity contribution is -0.120. The van der Waals surface area contributed by atoms with E-state index in [-0.39, 0.29) is 23.9 Å². The van der Waals surface area contributed by atoms with Gasteiger partial charge in [0, 0.05) is 19.2 Å². The molecule has 0 aliphatic carbocycles.